The highest BCUT2D eigenvalue weighted by Gasteiger charge is 2.19. The second-order valence-electron chi connectivity index (χ2n) is 11.4. The van der Waals surface area contributed by atoms with E-state index in [1.165, 1.54) is 82.4 Å². The van der Waals surface area contributed by atoms with Crippen LogP contribution < -0.4 is 0 Å². The smallest absolute Gasteiger partial charge is 0.00201 e. The van der Waals surface area contributed by atoms with Crippen LogP contribution in [0.3, 0.4) is 0 Å². The molecule has 0 radical (unpaired) electrons. The number of hydrogen-bond donors (Lipinski definition) is 0. The van der Waals surface area contributed by atoms with E-state index in [1.54, 1.807) is 0 Å². The Bertz CT molecular complexity index is 2270. The zero-order chi connectivity index (χ0) is 28.8. The first kappa shape index (κ1) is 25.3. The SMILES string of the molecule is Cc1ccc2c(-c3ccccc3-c3ccc(-c4ccccc4)cc3)c3ccccc3c(-c3ccc4ccccc4c3)c2c1. The fraction of sp³-hybridized carbons (Fsp3) is 0.0233. The van der Waals surface area contributed by atoms with Crippen molar-refractivity contribution in [2.75, 3.05) is 0 Å². The summed E-state index contributed by atoms with van der Waals surface area (Å²) >= 11 is 0. The van der Waals surface area contributed by atoms with E-state index in [4.69, 9.17) is 0 Å². The summed E-state index contributed by atoms with van der Waals surface area (Å²) in [7, 11) is 0. The van der Waals surface area contributed by atoms with Crippen molar-refractivity contribution < 1.29 is 0 Å². The number of fused-ring (bicyclic) bond motifs is 3. The van der Waals surface area contributed by atoms with Gasteiger partial charge in [0.15, 0.2) is 0 Å². The highest BCUT2D eigenvalue weighted by molar-refractivity contribution is 6.22. The van der Waals surface area contributed by atoms with Gasteiger partial charge < -0.3 is 0 Å². The van der Waals surface area contributed by atoms with Crippen molar-refractivity contribution in [2.45, 2.75) is 6.92 Å². The van der Waals surface area contributed by atoms with Gasteiger partial charge in [-0.1, -0.05) is 163 Å². The molecule has 0 N–H and O–H groups in total. The molecular formula is C43H30. The highest BCUT2D eigenvalue weighted by Crippen LogP contribution is 2.46. The Labute approximate surface area is 252 Å². The lowest BCUT2D eigenvalue weighted by atomic mass is 9.83. The van der Waals surface area contributed by atoms with Gasteiger partial charge in [-0.15, -0.1) is 0 Å². The van der Waals surface area contributed by atoms with Gasteiger partial charge in [0.2, 0.25) is 0 Å². The van der Waals surface area contributed by atoms with Gasteiger partial charge in [0.1, 0.15) is 0 Å². The maximum Gasteiger partial charge on any atom is -0.00201 e. The molecule has 0 aliphatic rings. The number of rotatable bonds is 4. The van der Waals surface area contributed by atoms with Gasteiger partial charge in [-0.25, -0.2) is 0 Å². The van der Waals surface area contributed by atoms with E-state index in [9.17, 15) is 0 Å². The molecule has 0 fully saturated rings. The molecule has 202 valence electrons. The van der Waals surface area contributed by atoms with Crippen LogP contribution in [-0.4, -0.2) is 0 Å². The van der Waals surface area contributed by atoms with E-state index in [0.717, 1.165) is 0 Å². The first-order chi connectivity index (χ1) is 21.2. The Kier molecular flexibility index (Phi) is 6.12. The number of aryl methyl sites for hydroxylation is 1. The Morgan fingerprint density at radius 2 is 0.860 bits per heavy atom. The van der Waals surface area contributed by atoms with Gasteiger partial charge in [-0.3, -0.25) is 0 Å². The standard InChI is InChI=1S/C43H30/c1-29-19-26-40-41(27-29)42(35-25-22-31-13-5-6-14-34(31)28-35)38-17-9-10-18-39(38)43(40)37-16-8-7-15-36(37)33-23-20-32(21-24-33)30-11-3-2-4-12-30/h2-28H,1H3. The van der Waals surface area contributed by atoms with Crippen LogP contribution in [0.25, 0.3) is 76.8 Å². The van der Waals surface area contributed by atoms with Crippen LogP contribution in [0.4, 0.5) is 0 Å². The van der Waals surface area contributed by atoms with E-state index < -0.39 is 0 Å². The van der Waals surface area contributed by atoms with Crippen molar-refractivity contribution in [2.24, 2.45) is 0 Å². The van der Waals surface area contributed by atoms with Crippen molar-refractivity contribution in [3.63, 3.8) is 0 Å². The summed E-state index contributed by atoms with van der Waals surface area (Å²) in [6, 6.07) is 59.9. The molecule has 0 saturated heterocycles. The normalized spacial score (nSPS) is 11.4. The van der Waals surface area contributed by atoms with E-state index >= 15 is 0 Å². The topological polar surface area (TPSA) is 0 Å². The van der Waals surface area contributed by atoms with Gasteiger partial charge in [-0.05, 0) is 89.8 Å². The molecule has 0 aliphatic carbocycles. The van der Waals surface area contributed by atoms with Crippen molar-refractivity contribution in [1.82, 2.24) is 0 Å². The minimum atomic E-state index is 1.22. The third kappa shape index (κ3) is 4.40. The van der Waals surface area contributed by atoms with Crippen LogP contribution in [0.1, 0.15) is 5.56 Å². The predicted molar refractivity (Wildman–Crippen MR) is 185 cm³/mol. The summed E-state index contributed by atoms with van der Waals surface area (Å²) in [5.74, 6) is 0. The highest BCUT2D eigenvalue weighted by atomic mass is 14.2. The van der Waals surface area contributed by atoms with E-state index in [2.05, 4.69) is 171 Å². The van der Waals surface area contributed by atoms with Crippen LogP contribution in [0.15, 0.2) is 164 Å². The summed E-state index contributed by atoms with van der Waals surface area (Å²) in [6.07, 6.45) is 0. The summed E-state index contributed by atoms with van der Waals surface area (Å²) in [5, 5.41) is 7.65. The molecular weight excluding hydrogens is 516 g/mol. The minimum absolute atomic E-state index is 1.22. The third-order valence-corrected chi connectivity index (χ3v) is 8.72. The molecule has 43 heavy (non-hydrogen) atoms. The van der Waals surface area contributed by atoms with E-state index in [-0.39, 0.29) is 0 Å². The molecule has 0 aliphatic heterocycles. The van der Waals surface area contributed by atoms with E-state index in [1.807, 2.05) is 0 Å². The predicted octanol–water partition coefficient (Wildman–Crippen LogP) is 12.1. The maximum absolute atomic E-state index is 2.37. The van der Waals surface area contributed by atoms with Crippen molar-refractivity contribution in [1.29, 1.82) is 0 Å². The van der Waals surface area contributed by atoms with Crippen LogP contribution in [-0.2, 0) is 0 Å². The Hall–Kier alpha value is -5.46. The minimum Gasteiger partial charge on any atom is -0.0622 e. The quantitative estimate of drug-likeness (QED) is 0.193. The fourth-order valence-corrected chi connectivity index (χ4v) is 6.66. The average Bonchev–Trinajstić information content (AvgIpc) is 3.07. The second kappa shape index (κ2) is 10.4. The monoisotopic (exact) mass is 546 g/mol. The van der Waals surface area contributed by atoms with Crippen LogP contribution in [0.5, 0.6) is 0 Å². The van der Waals surface area contributed by atoms with Crippen LogP contribution >= 0.6 is 0 Å². The van der Waals surface area contributed by atoms with Crippen LogP contribution in [0, 0.1) is 6.92 Å². The molecule has 0 aromatic heterocycles. The van der Waals surface area contributed by atoms with Crippen molar-refractivity contribution in [3.8, 4) is 44.5 Å². The summed E-state index contributed by atoms with van der Waals surface area (Å²) in [6.45, 7) is 2.20. The molecule has 0 spiro atoms. The molecule has 0 unspecified atom stereocenters. The molecule has 0 saturated carbocycles. The zero-order valence-electron chi connectivity index (χ0n) is 24.1. The van der Waals surface area contributed by atoms with Gasteiger partial charge in [-0.2, -0.15) is 0 Å². The maximum atomic E-state index is 2.37. The van der Waals surface area contributed by atoms with Crippen LogP contribution in [0.2, 0.25) is 0 Å². The summed E-state index contributed by atoms with van der Waals surface area (Å²) in [5.41, 5.74) is 11.3. The molecule has 0 nitrogen and oxygen atoms in total. The largest absolute Gasteiger partial charge is 0.0622 e. The van der Waals surface area contributed by atoms with E-state index in [0.29, 0.717) is 0 Å². The molecule has 0 atom stereocenters. The molecule has 0 amide bonds. The molecule has 8 aromatic rings. The number of hydrogen-bond acceptors (Lipinski definition) is 0. The number of benzene rings is 8. The lowest BCUT2D eigenvalue weighted by Crippen LogP contribution is -1.93. The van der Waals surface area contributed by atoms with Crippen molar-refractivity contribution in [3.05, 3.63) is 169 Å². The average molecular weight is 547 g/mol. The Balaban J connectivity index is 1.39. The van der Waals surface area contributed by atoms with Gasteiger partial charge in [0, 0.05) is 0 Å². The molecule has 8 aromatic carbocycles. The molecule has 0 bridgehead atoms. The molecule has 0 heteroatoms. The lowest BCUT2D eigenvalue weighted by Gasteiger charge is -2.20. The molecule has 0 heterocycles. The Morgan fingerprint density at radius 3 is 1.65 bits per heavy atom. The zero-order valence-corrected chi connectivity index (χ0v) is 24.1. The van der Waals surface area contributed by atoms with Crippen molar-refractivity contribution >= 4 is 32.3 Å². The van der Waals surface area contributed by atoms with Gasteiger partial charge >= 0.3 is 0 Å². The third-order valence-electron chi connectivity index (χ3n) is 8.72. The first-order valence-electron chi connectivity index (χ1n) is 14.9. The van der Waals surface area contributed by atoms with Gasteiger partial charge in [0.05, 0.1) is 0 Å². The van der Waals surface area contributed by atoms with Gasteiger partial charge in [0.25, 0.3) is 0 Å². The first-order valence-corrected chi connectivity index (χ1v) is 14.9. The lowest BCUT2D eigenvalue weighted by molar-refractivity contribution is 1.51. The fourth-order valence-electron chi connectivity index (χ4n) is 6.66. The Morgan fingerprint density at radius 1 is 0.302 bits per heavy atom. The summed E-state index contributed by atoms with van der Waals surface area (Å²) < 4.78 is 0. The second-order valence-corrected chi connectivity index (χ2v) is 11.4. The summed E-state index contributed by atoms with van der Waals surface area (Å²) in [4.78, 5) is 0. The molecule has 8 rings (SSSR count).